The lowest BCUT2D eigenvalue weighted by Crippen LogP contribution is -2.37. The van der Waals surface area contributed by atoms with E-state index in [1.165, 1.54) is 61.5 Å². The standard InChI is InChI=1S/C33H32FN3O3.C32H27F4N3O3.C30H27FN4O3/c1-19-5-4-6-20(2)25(19)12-14-36-33(40)26-18-24(8-9-27(26)34)32-31(21(3)15-30(39)37-32)29(38)17-22-7-10-28-23(16-22)11-13-35-28;1-17-9-20(13-23(10-17)32(34,35)36)16-38-31(42)24-15-22(4-5-25(24)33)30-29(18(2)11-28(41)39-30)27(40)14-19-3-6-26-21(12-19)7-8-37-26;1-17-4-3-10-32-25(17)16-34-30(38)22-15-21(6-7-23(22)31)29-28(18(2)12-27(37)35-29)26(36)14-19-5-8-24-20(13-19)9-11-33-24/h4-11,13,16,18,32,35H,12,14-15,17H2,1-3H3,(H,36,40)(H,37,39);3-10,12-13,15,30,37H,11,14,16H2,1-2H3,(H,38,42)(H,39,41);3-11,13,15,29,33H,12,14,16H2,1-2H3,(H,34,38)(H,35,37). The van der Waals surface area contributed by atoms with E-state index in [4.69, 9.17) is 0 Å². The molecule has 612 valence electrons. The molecular formula is C95H86F6N10O9. The van der Waals surface area contributed by atoms with Crippen molar-refractivity contribution < 1.29 is 69.5 Å². The number of rotatable bonds is 22. The van der Waals surface area contributed by atoms with Gasteiger partial charge in [0.25, 0.3) is 17.7 Å². The number of carbonyl (C=O) groups is 9. The van der Waals surface area contributed by atoms with Crippen molar-refractivity contribution in [2.75, 3.05) is 6.54 Å². The van der Waals surface area contributed by atoms with Crippen LogP contribution < -0.4 is 31.9 Å². The van der Waals surface area contributed by atoms with Gasteiger partial charge in [-0.2, -0.15) is 13.2 Å². The minimum Gasteiger partial charge on any atom is -0.361 e. The summed E-state index contributed by atoms with van der Waals surface area (Å²) in [5, 5.41) is 19.5. The van der Waals surface area contributed by atoms with Gasteiger partial charge in [0.1, 0.15) is 17.5 Å². The number of halogens is 6. The predicted molar refractivity (Wildman–Crippen MR) is 444 cm³/mol. The van der Waals surface area contributed by atoms with Gasteiger partial charge < -0.3 is 46.9 Å². The number of pyridine rings is 1. The average Bonchev–Trinajstić information content (AvgIpc) is 0.939. The van der Waals surface area contributed by atoms with E-state index < -0.39 is 65.0 Å². The van der Waals surface area contributed by atoms with Crippen molar-refractivity contribution in [2.45, 2.75) is 131 Å². The molecular weight excluding hydrogens is 1540 g/mol. The summed E-state index contributed by atoms with van der Waals surface area (Å²) in [5.41, 5.74) is 14.0. The number of nitrogens with zero attached hydrogens (tertiary/aromatic N) is 1. The highest BCUT2D eigenvalue weighted by molar-refractivity contribution is 6.05. The highest BCUT2D eigenvalue weighted by Gasteiger charge is 2.37. The highest BCUT2D eigenvalue weighted by Crippen LogP contribution is 2.38. The summed E-state index contributed by atoms with van der Waals surface area (Å²) in [4.78, 5) is 131. The minimum atomic E-state index is -4.55. The van der Waals surface area contributed by atoms with E-state index in [0.29, 0.717) is 74.4 Å². The van der Waals surface area contributed by atoms with E-state index in [2.05, 4.69) is 51.8 Å². The third kappa shape index (κ3) is 19.7. The number of Topliss-reactive ketones (excluding diaryl/α,β-unsaturated/α-hetero) is 3. The average molecular weight is 1630 g/mol. The van der Waals surface area contributed by atoms with Crippen LogP contribution in [0.5, 0.6) is 0 Å². The second-order valence-electron chi connectivity index (χ2n) is 30.5. The molecule has 3 aliphatic heterocycles. The van der Waals surface area contributed by atoms with Gasteiger partial charge in [-0.1, -0.05) is 89.0 Å². The Hall–Kier alpha value is -13.8. The Morgan fingerprint density at radius 1 is 0.417 bits per heavy atom. The third-order valence-corrected chi connectivity index (χ3v) is 21.7. The fraction of sp³-hybridized carbons (Fsp3) is 0.221. The van der Waals surface area contributed by atoms with Crippen LogP contribution in [0.15, 0.2) is 234 Å². The molecule has 120 heavy (non-hydrogen) atoms. The van der Waals surface area contributed by atoms with E-state index in [0.717, 1.165) is 89.9 Å². The van der Waals surface area contributed by atoms with Crippen molar-refractivity contribution in [3.63, 3.8) is 0 Å². The summed E-state index contributed by atoms with van der Waals surface area (Å²) >= 11 is 0. The maximum atomic E-state index is 14.8. The Morgan fingerprint density at radius 2 is 0.800 bits per heavy atom. The van der Waals surface area contributed by atoms with Crippen molar-refractivity contribution in [3.05, 3.63) is 346 Å². The summed E-state index contributed by atoms with van der Waals surface area (Å²) in [6, 6.07) is 45.7. The molecule has 0 aliphatic carbocycles. The molecule has 4 aromatic heterocycles. The SMILES string of the molecule is CC1=C(C(=O)Cc2ccc3[nH]ccc3c2)C(c2ccc(F)c(C(=O)NCCc3c(C)cccc3C)c2)NC(=O)C1.CC1=C(C(=O)Cc2ccc3[nH]ccc3c2)C(c2ccc(F)c(C(=O)NCc3cc(C)cc(C(F)(F)F)c3)c2)NC(=O)C1.CC1=C(C(=O)Cc2ccc3[nH]ccc3c2)C(c2ccc(F)c(C(=O)NCc3ncccc3C)c2)NC(=O)C1. The number of carbonyl (C=O) groups excluding carboxylic acids is 9. The Bertz CT molecular complexity index is 6180. The number of aromatic nitrogens is 4. The van der Waals surface area contributed by atoms with Crippen molar-refractivity contribution in [1.29, 1.82) is 0 Å². The topological polar surface area (TPSA) is 286 Å². The number of fused-ring (bicyclic) bond motifs is 3. The molecule has 0 saturated heterocycles. The van der Waals surface area contributed by atoms with Gasteiger partial charge in [-0.05, 0) is 241 Å². The molecule has 19 nitrogen and oxygen atoms in total. The molecule has 9 N–H and O–H groups in total. The molecule has 0 radical (unpaired) electrons. The Labute approximate surface area is 687 Å². The van der Waals surface area contributed by atoms with Gasteiger partial charge >= 0.3 is 6.18 Å². The number of benzene rings is 8. The van der Waals surface area contributed by atoms with Crippen LogP contribution in [0.25, 0.3) is 32.7 Å². The number of ketones is 3. The molecule has 3 aliphatic rings. The molecule has 12 aromatic rings. The Kier molecular flexibility index (Phi) is 25.5. The molecule has 7 heterocycles. The maximum absolute atomic E-state index is 14.8. The van der Waals surface area contributed by atoms with Crippen molar-refractivity contribution >= 4 is 85.5 Å². The van der Waals surface area contributed by atoms with Crippen molar-refractivity contribution in [3.8, 4) is 0 Å². The lowest BCUT2D eigenvalue weighted by molar-refractivity contribution is -0.137. The molecule has 0 spiro atoms. The first-order valence-corrected chi connectivity index (χ1v) is 39.0. The molecule has 0 bridgehead atoms. The van der Waals surface area contributed by atoms with Crippen LogP contribution in [0.2, 0.25) is 0 Å². The first-order chi connectivity index (χ1) is 57.4. The van der Waals surface area contributed by atoms with Crippen LogP contribution in [0.4, 0.5) is 26.3 Å². The van der Waals surface area contributed by atoms with Gasteiger partial charge in [0.2, 0.25) is 17.7 Å². The molecule has 25 heteroatoms. The maximum Gasteiger partial charge on any atom is 0.416 e. The van der Waals surface area contributed by atoms with Crippen LogP contribution in [-0.2, 0) is 73.7 Å². The zero-order chi connectivity index (χ0) is 85.4. The van der Waals surface area contributed by atoms with Crippen LogP contribution >= 0.6 is 0 Å². The zero-order valence-electron chi connectivity index (χ0n) is 66.7. The molecule has 6 amide bonds. The second-order valence-corrected chi connectivity index (χ2v) is 30.5. The van der Waals surface area contributed by atoms with Gasteiger partial charge in [-0.25, -0.2) is 13.2 Å². The lowest BCUT2D eigenvalue weighted by Gasteiger charge is -2.28. The normalized spacial score (nSPS) is 15.4. The third-order valence-electron chi connectivity index (χ3n) is 21.7. The fourth-order valence-electron chi connectivity index (χ4n) is 15.7. The van der Waals surface area contributed by atoms with E-state index >= 15 is 0 Å². The molecule has 3 atom stereocenters. The van der Waals surface area contributed by atoms with Crippen LogP contribution in [0.1, 0.15) is 167 Å². The lowest BCUT2D eigenvalue weighted by atomic mass is 9.85. The first-order valence-electron chi connectivity index (χ1n) is 39.0. The number of aromatic amines is 3. The number of hydrogen-bond acceptors (Lipinski definition) is 10. The number of alkyl halides is 3. The van der Waals surface area contributed by atoms with Gasteiger partial charge in [-0.3, -0.25) is 48.1 Å². The van der Waals surface area contributed by atoms with Crippen LogP contribution in [-0.4, -0.2) is 79.3 Å². The second kappa shape index (κ2) is 36.4. The summed E-state index contributed by atoms with van der Waals surface area (Å²) in [7, 11) is 0. The van der Waals surface area contributed by atoms with Crippen LogP contribution in [0, 0.1) is 45.1 Å². The molecule has 15 rings (SSSR count). The van der Waals surface area contributed by atoms with Gasteiger partial charge in [0.05, 0.1) is 52.6 Å². The van der Waals surface area contributed by atoms with Crippen LogP contribution in [0.3, 0.4) is 0 Å². The summed E-state index contributed by atoms with van der Waals surface area (Å²) < 4.78 is 84.0. The number of H-pyrrole nitrogens is 3. The quantitative estimate of drug-likeness (QED) is 0.0289. The molecule has 3 unspecified atom stereocenters. The summed E-state index contributed by atoms with van der Waals surface area (Å²) in [6.07, 6.45) is 3.83. The van der Waals surface area contributed by atoms with E-state index in [1.54, 1.807) is 39.2 Å². The Morgan fingerprint density at radius 3 is 1.19 bits per heavy atom. The number of hydrogen-bond donors (Lipinski definition) is 9. The monoisotopic (exact) mass is 1620 g/mol. The minimum absolute atomic E-state index is 0.0271. The van der Waals surface area contributed by atoms with Gasteiger partial charge in [-0.15, -0.1) is 0 Å². The number of aryl methyl sites for hydroxylation is 4. The predicted octanol–water partition coefficient (Wildman–Crippen LogP) is 16.5. The van der Waals surface area contributed by atoms with E-state index in [-0.39, 0.29) is 109 Å². The van der Waals surface area contributed by atoms with E-state index in [1.807, 2.05) is 130 Å². The molecule has 0 fully saturated rings. The molecule has 0 saturated carbocycles. The van der Waals surface area contributed by atoms with Crippen molar-refractivity contribution in [1.82, 2.24) is 51.8 Å². The van der Waals surface area contributed by atoms with Crippen molar-refractivity contribution in [2.24, 2.45) is 0 Å². The fourth-order valence-corrected chi connectivity index (χ4v) is 15.7. The smallest absolute Gasteiger partial charge is 0.361 e. The zero-order valence-corrected chi connectivity index (χ0v) is 66.7. The number of amides is 6. The largest absolute Gasteiger partial charge is 0.416 e. The van der Waals surface area contributed by atoms with E-state index in [9.17, 15) is 69.5 Å². The first kappa shape index (κ1) is 84.1. The van der Waals surface area contributed by atoms with Gasteiger partial charge in [0, 0.05) is 110 Å². The summed E-state index contributed by atoms with van der Waals surface area (Å²) in [5.74, 6) is -5.47. The summed E-state index contributed by atoms with van der Waals surface area (Å²) in [6.45, 7) is 12.9. The number of nitrogens with one attached hydrogen (secondary N) is 9. The highest BCUT2D eigenvalue weighted by atomic mass is 19.4. The Balaban J connectivity index is 0.000000156. The van der Waals surface area contributed by atoms with Gasteiger partial charge in [0.15, 0.2) is 17.3 Å². The molecule has 8 aromatic carbocycles.